The van der Waals surface area contributed by atoms with Gasteiger partial charge in [-0.1, -0.05) is 29.4 Å². The highest BCUT2D eigenvalue weighted by Gasteiger charge is 2.07. The Labute approximate surface area is 115 Å². The van der Waals surface area contributed by atoms with Crippen LogP contribution in [0.4, 0.5) is 4.39 Å². The minimum Gasteiger partial charge on any atom is -0.330 e. The van der Waals surface area contributed by atoms with Crippen LogP contribution >= 0.6 is 23.4 Å². The minimum absolute atomic E-state index is 0.229. The molecule has 0 aliphatic heterocycles. The Balaban J connectivity index is 2.28. The van der Waals surface area contributed by atoms with Gasteiger partial charge >= 0.3 is 0 Å². The molecule has 0 radical (unpaired) electrons. The van der Waals surface area contributed by atoms with Crippen molar-refractivity contribution in [3.8, 4) is 0 Å². The van der Waals surface area contributed by atoms with Crippen molar-refractivity contribution in [3.63, 3.8) is 0 Å². The molecule has 2 N–H and O–H groups in total. The van der Waals surface area contributed by atoms with Crippen molar-refractivity contribution in [1.29, 1.82) is 0 Å². The SMILES string of the molecule is NCCc1c(Cl)cccc1Sc1ccc(F)cc1. The summed E-state index contributed by atoms with van der Waals surface area (Å²) in [5, 5.41) is 0.729. The van der Waals surface area contributed by atoms with E-state index >= 15 is 0 Å². The van der Waals surface area contributed by atoms with Crippen LogP contribution in [0, 0.1) is 5.82 Å². The van der Waals surface area contributed by atoms with Gasteiger partial charge in [0.2, 0.25) is 0 Å². The number of hydrogen-bond donors (Lipinski definition) is 1. The van der Waals surface area contributed by atoms with Crippen molar-refractivity contribution in [1.82, 2.24) is 0 Å². The summed E-state index contributed by atoms with van der Waals surface area (Å²) in [6.07, 6.45) is 0.739. The van der Waals surface area contributed by atoms with Gasteiger partial charge in [0.1, 0.15) is 5.82 Å². The highest BCUT2D eigenvalue weighted by atomic mass is 35.5. The molecular formula is C14H13ClFNS. The lowest BCUT2D eigenvalue weighted by Crippen LogP contribution is -2.04. The van der Waals surface area contributed by atoms with Gasteiger partial charge in [-0.25, -0.2) is 4.39 Å². The average Bonchev–Trinajstić information content (AvgIpc) is 2.36. The molecule has 0 atom stereocenters. The summed E-state index contributed by atoms with van der Waals surface area (Å²) < 4.78 is 12.8. The summed E-state index contributed by atoms with van der Waals surface area (Å²) in [5.74, 6) is -0.229. The standard InChI is InChI=1S/C14H13ClFNS/c15-13-2-1-3-14(12(13)8-9-17)18-11-6-4-10(16)5-7-11/h1-7H,8-9,17H2. The average molecular weight is 282 g/mol. The summed E-state index contributed by atoms with van der Waals surface area (Å²) in [5.41, 5.74) is 6.65. The number of hydrogen-bond acceptors (Lipinski definition) is 2. The monoisotopic (exact) mass is 281 g/mol. The third kappa shape index (κ3) is 3.25. The maximum absolute atomic E-state index is 12.8. The van der Waals surface area contributed by atoms with E-state index in [-0.39, 0.29) is 5.82 Å². The van der Waals surface area contributed by atoms with Gasteiger partial charge in [-0.3, -0.25) is 0 Å². The molecular weight excluding hydrogens is 269 g/mol. The van der Waals surface area contributed by atoms with Crippen molar-refractivity contribution >= 4 is 23.4 Å². The van der Waals surface area contributed by atoms with Crippen molar-refractivity contribution in [3.05, 3.63) is 58.9 Å². The molecule has 0 saturated carbocycles. The zero-order valence-corrected chi connectivity index (χ0v) is 11.3. The number of halogens is 2. The van der Waals surface area contributed by atoms with E-state index < -0.39 is 0 Å². The summed E-state index contributed by atoms with van der Waals surface area (Å²) in [6.45, 7) is 0.556. The molecule has 0 unspecified atom stereocenters. The van der Waals surface area contributed by atoms with Crippen molar-refractivity contribution in [2.24, 2.45) is 5.73 Å². The highest BCUT2D eigenvalue weighted by molar-refractivity contribution is 7.99. The number of rotatable bonds is 4. The maximum atomic E-state index is 12.8. The van der Waals surface area contributed by atoms with E-state index in [1.165, 1.54) is 12.1 Å². The Morgan fingerprint density at radius 2 is 1.83 bits per heavy atom. The Hall–Kier alpha value is -1.03. The zero-order chi connectivity index (χ0) is 13.0. The van der Waals surface area contributed by atoms with Gasteiger partial charge < -0.3 is 5.73 Å². The van der Waals surface area contributed by atoms with E-state index in [1.807, 2.05) is 18.2 Å². The minimum atomic E-state index is -0.229. The molecule has 18 heavy (non-hydrogen) atoms. The molecule has 0 heterocycles. The quantitative estimate of drug-likeness (QED) is 0.912. The lowest BCUT2D eigenvalue weighted by molar-refractivity contribution is 0.626. The molecule has 0 fully saturated rings. The van der Waals surface area contributed by atoms with Crippen LogP contribution in [-0.4, -0.2) is 6.54 Å². The second-order valence-electron chi connectivity index (χ2n) is 3.81. The van der Waals surface area contributed by atoms with Crippen LogP contribution in [0.25, 0.3) is 0 Å². The van der Waals surface area contributed by atoms with Crippen molar-refractivity contribution in [2.45, 2.75) is 16.2 Å². The van der Waals surface area contributed by atoms with Crippen LogP contribution in [0.3, 0.4) is 0 Å². The Kier molecular flexibility index (Phi) is 4.64. The Bertz CT molecular complexity index is 528. The largest absolute Gasteiger partial charge is 0.330 e. The lowest BCUT2D eigenvalue weighted by atomic mass is 10.1. The molecule has 0 saturated heterocycles. The first-order valence-corrected chi connectivity index (χ1v) is 6.81. The highest BCUT2D eigenvalue weighted by Crippen LogP contribution is 2.33. The maximum Gasteiger partial charge on any atom is 0.123 e. The Morgan fingerprint density at radius 1 is 1.11 bits per heavy atom. The van der Waals surface area contributed by atoms with Crippen LogP contribution in [0.1, 0.15) is 5.56 Å². The summed E-state index contributed by atoms with van der Waals surface area (Å²) >= 11 is 7.74. The summed E-state index contributed by atoms with van der Waals surface area (Å²) in [7, 11) is 0. The number of nitrogens with two attached hydrogens (primary N) is 1. The van der Waals surface area contributed by atoms with E-state index in [4.69, 9.17) is 17.3 Å². The predicted molar refractivity (Wildman–Crippen MR) is 74.7 cm³/mol. The lowest BCUT2D eigenvalue weighted by Gasteiger charge is -2.10. The molecule has 1 nitrogen and oxygen atoms in total. The van der Waals surface area contributed by atoms with Crippen LogP contribution in [0.5, 0.6) is 0 Å². The van der Waals surface area contributed by atoms with Gasteiger partial charge in [0.05, 0.1) is 0 Å². The second kappa shape index (κ2) is 6.23. The van der Waals surface area contributed by atoms with Crippen LogP contribution in [-0.2, 0) is 6.42 Å². The van der Waals surface area contributed by atoms with Crippen LogP contribution in [0.15, 0.2) is 52.3 Å². The third-order valence-electron chi connectivity index (χ3n) is 2.51. The normalized spacial score (nSPS) is 10.6. The molecule has 0 aliphatic rings. The number of benzene rings is 2. The van der Waals surface area contributed by atoms with Gasteiger partial charge in [-0.15, -0.1) is 0 Å². The topological polar surface area (TPSA) is 26.0 Å². The van der Waals surface area contributed by atoms with Crippen LogP contribution < -0.4 is 5.73 Å². The molecule has 94 valence electrons. The van der Waals surface area contributed by atoms with E-state index in [9.17, 15) is 4.39 Å². The molecule has 2 aromatic carbocycles. The fourth-order valence-electron chi connectivity index (χ4n) is 1.65. The van der Waals surface area contributed by atoms with Gasteiger partial charge in [0.25, 0.3) is 0 Å². The fraction of sp³-hybridized carbons (Fsp3) is 0.143. The predicted octanol–water partition coefficient (Wildman–Crippen LogP) is 4.13. The first kappa shape index (κ1) is 13.4. The summed E-state index contributed by atoms with van der Waals surface area (Å²) in [6, 6.07) is 12.2. The van der Waals surface area contributed by atoms with E-state index in [0.29, 0.717) is 6.54 Å². The molecule has 0 aliphatic carbocycles. The van der Waals surface area contributed by atoms with E-state index in [0.717, 1.165) is 26.8 Å². The first-order valence-electron chi connectivity index (χ1n) is 5.61. The van der Waals surface area contributed by atoms with Gasteiger partial charge in [0.15, 0.2) is 0 Å². The first-order chi connectivity index (χ1) is 8.70. The molecule has 4 heteroatoms. The molecule has 2 rings (SSSR count). The molecule has 0 spiro atoms. The second-order valence-corrected chi connectivity index (χ2v) is 5.33. The Morgan fingerprint density at radius 3 is 2.50 bits per heavy atom. The molecule has 0 amide bonds. The van der Waals surface area contributed by atoms with Gasteiger partial charge in [-0.2, -0.15) is 0 Å². The van der Waals surface area contributed by atoms with Gasteiger partial charge in [0, 0.05) is 14.8 Å². The summed E-state index contributed by atoms with van der Waals surface area (Å²) in [4.78, 5) is 2.05. The van der Waals surface area contributed by atoms with E-state index in [2.05, 4.69) is 0 Å². The molecule has 2 aromatic rings. The molecule has 0 aromatic heterocycles. The van der Waals surface area contributed by atoms with Crippen LogP contribution in [0.2, 0.25) is 5.02 Å². The van der Waals surface area contributed by atoms with Crippen molar-refractivity contribution < 1.29 is 4.39 Å². The third-order valence-corrected chi connectivity index (χ3v) is 3.98. The zero-order valence-electron chi connectivity index (χ0n) is 9.70. The smallest absolute Gasteiger partial charge is 0.123 e. The van der Waals surface area contributed by atoms with Gasteiger partial charge in [-0.05, 0) is 54.9 Å². The fourth-order valence-corrected chi connectivity index (χ4v) is 2.98. The van der Waals surface area contributed by atoms with Crippen molar-refractivity contribution in [2.75, 3.05) is 6.54 Å². The molecule has 0 bridgehead atoms. The van der Waals surface area contributed by atoms with E-state index in [1.54, 1.807) is 23.9 Å².